The topological polar surface area (TPSA) is 32.3 Å². The highest BCUT2D eigenvalue weighted by atomic mass is 15.1. The summed E-state index contributed by atoms with van der Waals surface area (Å²) in [6.45, 7) is 12.6. The van der Waals surface area contributed by atoms with Gasteiger partial charge in [0, 0.05) is 26.2 Å². The highest BCUT2D eigenvalue weighted by molar-refractivity contribution is 5.98. The minimum absolute atomic E-state index is 0.964. The number of fused-ring (bicyclic) bond motifs is 2. The summed E-state index contributed by atoms with van der Waals surface area (Å²) < 4.78 is 0. The van der Waals surface area contributed by atoms with Crippen LogP contribution in [-0.2, 0) is 0 Å². The van der Waals surface area contributed by atoms with Gasteiger partial charge in [0.05, 0.1) is 22.4 Å². The second-order valence-electron chi connectivity index (χ2n) is 5.86. The third-order valence-corrected chi connectivity index (χ3v) is 4.66. The van der Waals surface area contributed by atoms with Gasteiger partial charge in [-0.25, -0.2) is 9.97 Å². The molecule has 0 aliphatic rings. The number of hydrogen-bond acceptors (Lipinski definition) is 4. The highest BCUT2D eigenvalue weighted by Crippen LogP contribution is 2.30. The molecule has 0 atom stereocenters. The Bertz CT molecular complexity index is 764. The maximum atomic E-state index is 4.98. The van der Waals surface area contributed by atoms with Gasteiger partial charge in [0.15, 0.2) is 0 Å². The molecule has 0 N–H and O–H groups in total. The Morgan fingerprint density at radius 1 is 0.625 bits per heavy atom. The molecule has 24 heavy (non-hydrogen) atoms. The molecule has 3 rings (SSSR count). The van der Waals surface area contributed by atoms with Crippen LogP contribution in [0.25, 0.3) is 22.1 Å². The van der Waals surface area contributed by atoms with Crippen molar-refractivity contribution in [2.24, 2.45) is 0 Å². The molecule has 0 amide bonds. The van der Waals surface area contributed by atoms with E-state index in [9.17, 15) is 0 Å². The van der Waals surface area contributed by atoms with Crippen molar-refractivity contribution in [1.29, 1.82) is 0 Å². The highest BCUT2D eigenvalue weighted by Gasteiger charge is 2.13. The monoisotopic (exact) mass is 322 g/mol. The lowest BCUT2D eigenvalue weighted by molar-refractivity contribution is 0.867. The number of para-hydroxylation sites is 2. The second kappa shape index (κ2) is 7.04. The van der Waals surface area contributed by atoms with Crippen LogP contribution < -0.4 is 9.80 Å². The summed E-state index contributed by atoms with van der Waals surface area (Å²) in [6, 6.07) is 12.6. The van der Waals surface area contributed by atoms with E-state index in [1.807, 2.05) is 0 Å². The summed E-state index contributed by atoms with van der Waals surface area (Å²) in [7, 11) is 0. The Kier molecular flexibility index (Phi) is 4.84. The first-order valence-electron chi connectivity index (χ1n) is 8.92. The van der Waals surface area contributed by atoms with Crippen LogP contribution in [-0.4, -0.2) is 36.1 Å². The van der Waals surface area contributed by atoms with E-state index in [1.54, 1.807) is 0 Å². The molecule has 1 aromatic heterocycles. The summed E-state index contributed by atoms with van der Waals surface area (Å²) in [6.07, 6.45) is 0. The number of nitrogens with zero attached hydrogens (tertiary/aromatic N) is 4. The molecular formula is C20H26N4. The zero-order valence-electron chi connectivity index (χ0n) is 15.1. The first-order chi connectivity index (χ1) is 11.7. The zero-order valence-corrected chi connectivity index (χ0v) is 15.1. The van der Waals surface area contributed by atoms with Crippen molar-refractivity contribution < 1.29 is 0 Å². The van der Waals surface area contributed by atoms with Crippen molar-refractivity contribution in [2.45, 2.75) is 27.7 Å². The molecule has 0 radical (unpaired) electrons. The molecule has 4 nitrogen and oxygen atoms in total. The lowest BCUT2D eigenvalue weighted by atomic mass is 10.2. The van der Waals surface area contributed by atoms with Crippen LogP contribution in [0.4, 0.5) is 11.4 Å². The van der Waals surface area contributed by atoms with E-state index in [1.165, 1.54) is 11.4 Å². The van der Waals surface area contributed by atoms with Gasteiger partial charge in [-0.1, -0.05) is 12.1 Å². The molecule has 2 aromatic carbocycles. The normalized spacial score (nSPS) is 11.2. The number of benzene rings is 2. The quantitative estimate of drug-likeness (QED) is 0.627. The van der Waals surface area contributed by atoms with Crippen molar-refractivity contribution in [3.05, 3.63) is 36.4 Å². The van der Waals surface area contributed by atoms with Crippen LogP contribution in [0.3, 0.4) is 0 Å². The maximum Gasteiger partial charge on any atom is 0.113 e. The summed E-state index contributed by atoms with van der Waals surface area (Å²) in [5.41, 5.74) is 6.24. The van der Waals surface area contributed by atoms with Crippen LogP contribution in [0.1, 0.15) is 27.7 Å². The fourth-order valence-corrected chi connectivity index (χ4v) is 3.33. The molecule has 0 aliphatic carbocycles. The zero-order chi connectivity index (χ0) is 17.1. The van der Waals surface area contributed by atoms with Crippen LogP contribution in [0.2, 0.25) is 0 Å². The molecular weight excluding hydrogens is 296 g/mol. The average molecular weight is 322 g/mol. The van der Waals surface area contributed by atoms with E-state index in [-0.39, 0.29) is 0 Å². The van der Waals surface area contributed by atoms with Crippen LogP contribution >= 0.6 is 0 Å². The SMILES string of the molecule is CCN(CC)c1cccc2nc3c(N(CC)CC)cccc3nc12. The van der Waals surface area contributed by atoms with Crippen LogP contribution in [0, 0.1) is 0 Å². The average Bonchev–Trinajstić information content (AvgIpc) is 2.62. The number of anilines is 2. The summed E-state index contributed by atoms with van der Waals surface area (Å²) in [4.78, 5) is 14.6. The fourth-order valence-electron chi connectivity index (χ4n) is 3.33. The van der Waals surface area contributed by atoms with Gasteiger partial charge in [0.25, 0.3) is 0 Å². The van der Waals surface area contributed by atoms with Gasteiger partial charge in [0.1, 0.15) is 11.0 Å². The Morgan fingerprint density at radius 2 is 1.00 bits per heavy atom. The minimum atomic E-state index is 0.964. The first kappa shape index (κ1) is 16.5. The lowest BCUT2D eigenvalue weighted by Gasteiger charge is -2.24. The van der Waals surface area contributed by atoms with Gasteiger partial charge < -0.3 is 9.80 Å². The fraction of sp³-hybridized carbons (Fsp3) is 0.400. The Labute approximate surface area is 144 Å². The largest absolute Gasteiger partial charge is 0.370 e. The Hall–Kier alpha value is -2.36. The van der Waals surface area contributed by atoms with Gasteiger partial charge in [0.2, 0.25) is 0 Å². The van der Waals surface area contributed by atoms with Crippen molar-refractivity contribution in [3.8, 4) is 0 Å². The maximum absolute atomic E-state index is 4.98. The van der Waals surface area contributed by atoms with E-state index < -0.39 is 0 Å². The molecule has 0 unspecified atom stereocenters. The number of rotatable bonds is 6. The van der Waals surface area contributed by atoms with E-state index in [2.05, 4.69) is 73.9 Å². The Morgan fingerprint density at radius 3 is 1.33 bits per heavy atom. The summed E-state index contributed by atoms with van der Waals surface area (Å²) in [5, 5.41) is 0. The molecule has 0 aliphatic heterocycles. The predicted molar refractivity (Wildman–Crippen MR) is 104 cm³/mol. The lowest BCUT2D eigenvalue weighted by Crippen LogP contribution is -2.23. The molecule has 0 saturated carbocycles. The molecule has 126 valence electrons. The van der Waals surface area contributed by atoms with Gasteiger partial charge in [-0.15, -0.1) is 0 Å². The van der Waals surface area contributed by atoms with Crippen molar-refractivity contribution in [1.82, 2.24) is 9.97 Å². The molecule has 0 bridgehead atoms. The molecule has 1 heterocycles. The smallest absolute Gasteiger partial charge is 0.113 e. The van der Waals surface area contributed by atoms with E-state index >= 15 is 0 Å². The first-order valence-corrected chi connectivity index (χ1v) is 8.92. The van der Waals surface area contributed by atoms with Crippen LogP contribution in [0.15, 0.2) is 36.4 Å². The van der Waals surface area contributed by atoms with Crippen molar-refractivity contribution in [3.63, 3.8) is 0 Å². The van der Waals surface area contributed by atoms with Gasteiger partial charge in [-0.2, -0.15) is 0 Å². The molecule has 4 heteroatoms. The predicted octanol–water partition coefficient (Wildman–Crippen LogP) is 4.48. The summed E-state index contributed by atoms with van der Waals surface area (Å²) in [5.74, 6) is 0. The van der Waals surface area contributed by atoms with Crippen LogP contribution in [0.5, 0.6) is 0 Å². The second-order valence-corrected chi connectivity index (χ2v) is 5.86. The van der Waals surface area contributed by atoms with E-state index in [0.717, 1.165) is 48.2 Å². The van der Waals surface area contributed by atoms with Crippen molar-refractivity contribution in [2.75, 3.05) is 36.0 Å². The van der Waals surface area contributed by atoms with E-state index in [0.29, 0.717) is 0 Å². The molecule has 3 aromatic rings. The standard InChI is InChI=1S/C20H26N4/c1-5-23(6-2)17-13-9-11-15-19(17)21-16-12-10-14-18(20(16)22-15)24(7-3)8-4/h9-14H,5-8H2,1-4H3. The van der Waals surface area contributed by atoms with Crippen molar-refractivity contribution >= 4 is 33.4 Å². The third kappa shape index (κ3) is 2.77. The summed E-state index contributed by atoms with van der Waals surface area (Å²) >= 11 is 0. The molecule has 0 saturated heterocycles. The Balaban J connectivity index is 2.27. The number of aromatic nitrogens is 2. The minimum Gasteiger partial charge on any atom is -0.370 e. The van der Waals surface area contributed by atoms with Gasteiger partial charge in [-0.05, 0) is 52.0 Å². The molecule has 0 spiro atoms. The van der Waals surface area contributed by atoms with Gasteiger partial charge in [-0.3, -0.25) is 0 Å². The molecule has 0 fully saturated rings. The number of hydrogen-bond donors (Lipinski definition) is 0. The van der Waals surface area contributed by atoms with E-state index in [4.69, 9.17) is 9.97 Å². The third-order valence-electron chi connectivity index (χ3n) is 4.66. The van der Waals surface area contributed by atoms with Gasteiger partial charge >= 0.3 is 0 Å².